The molecular formula is C10H12N2O5. The Hall–Kier alpha value is -2.31. The highest BCUT2D eigenvalue weighted by molar-refractivity contribution is 5.95. The Balaban J connectivity index is 2.41. The quantitative estimate of drug-likeness (QED) is 0.620. The van der Waals surface area contributed by atoms with Gasteiger partial charge < -0.3 is 20.2 Å². The van der Waals surface area contributed by atoms with Crippen molar-refractivity contribution in [3.8, 4) is 0 Å². The largest absolute Gasteiger partial charge is 0.478 e. The molecular weight excluding hydrogens is 228 g/mol. The van der Waals surface area contributed by atoms with Crippen LogP contribution < -0.4 is 10.6 Å². The lowest BCUT2D eigenvalue weighted by Crippen LogP contribution is -2.33. The van der Waals surface area contributed by atoms with Crippen LogP contribution in [0, 0.1) is 0 Å². The predicted molar refractivity (Wildman–Crippen MR) is 56.7 cm³/mol. The molecule has 0 fully saturated rings. The van der Waals surface area contributed by atoms with Gasteiger partial charge in [0.1, 0.15) is 6.26 Å². The molecule has 0 aromatic carbocycles. The van der Waals surface area contributed by atoms with Crippen LogP contribution in [0.5, 0.6) is 0 Å². The summed E-state index contributed by atoms with van der Waals surface area (Å²) in [5.74, 6) is -1.95. The Morgan fingerprint density at radius 2 is 1.94 bits per heavy atom. The molecule has 0 aliphatic heterocycles. The average molecular weight is 240 g/mol. The molecule has 1 aromatic rings. The van der Waals surface area contributed by atoms with E-state index in [1.807, 2.05) is 0 Å². The van der Waals surface area contributed by atoms with E-state index in [0.29, 0.717) is 6.54 Å². The van der Waals surface area contributed by atoms with Gasteiger partial charge in [0.2, 0.25) is 5.91 Å². The van der Waals surface area contributed by atoms with Crippen LogP contribution in [-0.2, 0) is 4.79 Å². The molecule has 7 nitrogen and oxygen atoms in total. The summed E-state index contributed by atoms with van der Waals surface area (Å²) in [7, 11) is 0. The summed E-state index contributed by atoms with van der Waals surface area (Å²) >= 11 is 0. The lowest BCUT2D eigenvalue weighted by molar-refractivity contribution is -0.118. The fourth-order valence-corrected chi connectivity index (χ4v) is 1.07. The third-order valence-electron chi connectivity index (χ3n) is 1.85. The summed E-state index contributed by atoms with van der Waals surface area (Å²) in [6.45, 7) is 1.91. The molecule has 0 saturated heterocycles. The van der Waals surface area contributed by atoms with Crippen molar-refractivity contribution in [3.05, 3.63) is 23.7 Å². The Bertz CT molecular complexity index is 438. The van der Waals surface area contributed by atoms with Crippen LogP contribution in [0.2, 0.25) is 0 Å². The second kappa shape index (κ2) is 5.69. The Kier molecular flexibility index (Phi) is 4.27. The van der Waals surface area contributed by atoms with E-state index >= 15 is 0 Å². The molecule has 3 N–H and O–H groups in total. The fraction of sp³-hybridized carbons (Fsp3) is 0.300. The number of carbonyl (C=O) groups excluding carboxylic acids is 2. The molecule has 0 spiro atoms. The van der Waals surface area contributed by atoms with E-state index in [4.69, 9.17) is 9.52 Å². The molecule has 1 rings (SSSR count). The van der Waals surface area contributed by atoms with Crippen LogP contribution in [0.4, 0.5) is 0 Å². The van der Waals surface area contributed by atoms with Gasteiger partial charge in [0.25, 0.3) is 5.91 Å². The summed E-state index contributed by atoms with van der Waals surface area (Å²) in [5, 5.41) is 13.6. The van der Waals surface area contributed by atoms with Crippen molar-refractivity contribution in [3.63, 3.8) is 0 Å². The molecule has 0 unspecified atom stereocenters. The minimum atomic E-state index is -1.16. The molecule has 2 amide bonds. The number of hydrogen-bond acceptors (Lipinski definition) is 4. The first kappa shape index (κ1) is 12.8. The van der Waals surface area contributed by atoms with Crippen LogP contribution in [0.3, 0.4) is 0 Å². The lowest BCUT2D eigenvalue weighted by Gasteiger charge is -2.03. The first-order chi connectivity index (χ1) is 8.00. The maximum absolute atomic E-state index is 11.4. The summed E-state index contributed by atoms with van der Waals surface area (Å²) in [4.78, 5) is 32.5. The zero-order chi connectivity index (χ0) is 12.8. The Morgan fingerprint density at radius 1 is 1.29 bits per heavy atom. The van der Waals surface area contributed by atoms with Gasteiger partial charge in [-0.3, -0.25) is 9.59 Å². The maximum atomic E-state index is 11.4. The van der Waals surface area contributed by atoms with Gasteiger partial charge in [0.15, 0.2) is 5.76 Å². The van der Waals surface area contributed by atoms with Gasteiger partial charge in [-0.15, -0.1) is 0 Å². The standard InChI is InChI=1S/C10H12N2O5/c1-6(13)11-2-3-12-9(14)8-4-7(5-17-8)10(15)16/h4-5H,2-3H2,1H3,(H,11,13)(H,12,14)(H,15,16). The van der Waals surface area contributed by atoms with Crippen molar-refractivity contribution in [1.29, 1.82) is 0 Å². The van der Waals surface area contributed by atoms with Gasteiger partial charge in [0, 0.05) is 26.1 Å². The minimum Gasteiger partial charge on any atom is -0.478 e. The van der Waals surface area contributed by atoms with Crippen molar-refractivity contribution < 1.29 is 23.9 Å². The first-order valence-corrected chi connectivity index (χ1v) is 4.85. The summed E-state index contributed by atoms with van der Waals surface area (Å²) in [6, 6.07) is 1.13. The van der Waals surface area contributed by atoms with E-state index in [-0.39, 0.29) is 23.8 Å². The molecule has 17 heavy (non-hydrogen) atoms. The van der Waals surface area contributed by atoms with Gasteiger partial charge in [-0.25, -0.2) is 4.79 Å². The number of furan rings is 1. The number of carboxylic acids is 1. The number of carbonyl (C=O) groups is 3. The van der Waals surface area contributed by atoms with Crippen molar-refractivity contribution in [2.45, 2.75) is 6.92 Å². The SMILES string of the molecule is CC(=O)NCCNC(=O)c1cc(C(=O)O)co1. The zero-order valence-electron chi connectivity index (χ0n) is 9.15. The molecule has 92 valence electrons. The molecule has 1 aromatic heterocycles. The minimum absolute atomic E-state index is 0.0785. The van der Waals surface area contributed by atoms with Crippen LogP contribution in [0.15, 0.2) is 16.7 Å². The topological polar surface area (TPSA) is 109 Å². The van der Waals surface area contributed by atoms with Gasteiger partial charge in [-0.1, -0.05) is 0 Å². The molecule has 0 aliphatic carbocycles. The normalized spacial score (nSPS) is 9.71. The smallest absolute Gasteiger partial charge is 0.338 e. The summed E-state index contributed by atoms with van der Waals surface area (Å²) < 4.78 is 4.79. The van der Waals surface area contributed by atoms with Gasteiger partial charge in [-0.2, -0.15) is 0 Å². The van der Waals surface area contributed by atoms with Crippen LogP contribution in [0.1, 0.15) is 27.8 Å². The fourth-order valence-electron chi connectivity index (χ4n) is 1.07. The van der Waals surface area contributed by atoms with Crippen LogP contribution in [0.25, 0.3) is 0 Å². The van der Waals surface area contributed by atoms with E-state index in [2.05, 4.69) is 10.6 Å². The highest BCUT2D eigenvalue weighted by atomic mass is 16.4. The Labute approximate surface area is 96.8 Å². The second-order valence-electron chi connectivity index (χ2n) is 3.24. The monoisotopic (exact) mass is 240 g/mol. The number of nitrogens with one attached hydrogen (secondary N) is 2. The van der Waals surface area contributed by atoms with Crippen LogP contribution >= 0.6 is 0 Å². The van der Waals surface area contributed by atoms with E-state index in [1.54, 1.807) is 0 Å². The van der Waals surface area contributed by atoms with Crippen molar-refractivity contribution >= 4 is 17.8 Å². The van der Waals surface area contributed by atoms with E-state index in [0.717, 1.165) is 12.3 Å². The lowest BCUT2D eigenvalue weighted by atomic mass is 10.3. The maximum Gasteiger partial charge on any atom is 0.338 e. The molecule has 7 heteroatoms. The molecule has 0 atom stereocenters. The second-order valence-corrected chi connectivity index (χ2v) is 3.24. The third kappa shape index (κ3) is 3.98. The summed E-state index contributed by atoms with van der Waals surface area (Å²) in [6.07, 6.45) is 0.991. The number of amides is 2. The number of rotatable bonds is 5. The number of aromatic carboxylic acids is 1. The highest BCUT2D eigenvalue weighted by Gasteiger charge is 2.13. The highest BCUT2D eigenvalue weighted by Crippen LogP contribution is 2.07. The van der Waals surface area contributed by atoms with Gasteiger partial charge in [0.05, 0.1) is 5.56 Å². The average Bonchev–Trinajstić information content (AvgIpc) is 2.73. The van der Waals surface area contributed by atoms with E-state index < -0.39 is 11.9 Å². The molecule has 0 saturated carbocycles. The molecule has 1 heterocycles. The number of hydrogen-bond donors (Lipinski definition) is 3. The Morgan fingerprint density at radius 3 is 2.47 bits per heavy atom. The van der Waals surface area contributed by atoms with Gasteiger partial charge >= 0.3 is 5.97 Å². The van der Waals surface area contributed by atoms with E-state index in [1.165, 1.54) is 6.92 Å². The van der Waals surface area contributed by atoms with E-state index in [9.17, 15) is 14.4 Å². The number of carboxylic acid groups (broad SMARTS) is 1. The predicted octanol–water partition coefficient (Wildman–Crippen LogP) is -0.156. The zero-order valence-corrected chi connectivity index (χ0v) is 9.15. The first-order valence-electron chi connectivity index (χ1n) is 4.85. The van der Waals surface area contributed by atoms with Crippen molar-refractivity contribution in [2.75, 3.05) is 13.1 Å². The van der Waals surface area contributed by atoms with Crippen LogP contribution in [-0.4, -0.2) is 36.0 Å². The molecule has 0 radical (unpaired) electrons. The molecule has 0 bridgehead atoms. The molecule has 0 aliphatic rings. The van der Waals surface area contributed by atoms with Crippen molar-refractivity contribution in [2.24, 2.45) is 0 Å². The third-order valence-corrected chi connectivity index (χ3v) is 1.85. The van der Waals surface area contributed by atoms with Crippen molar-refractivity contribution in [1.82, 2.24) is 10.6 Å². The summed E-state index contributed by atoms with van der Waals surface area (Å²) in [5.41, 5.74) is -0.0861. The van der Waals surface area contributed by atoms with Gasteiger partial charge in [-0.05, 0) is 0 Å².